The zero-order valence-corrected chi connectivity index (χ0v) is 13.9. The molecule has 22 heavy (non-hydrogen) atoms. The second kappa shape index (κ2) is 5.33. The summed E-state index contributed by atoms with van der Waals surface area (Å²) in [5.74, 6) is 0.233. The van der Waals surface area contributed by atoms with Crippen molar-refractivity contribution in [2.75, 3.05) is 6.26 Å². The molecule has 0 unspecified atom stereocenters. The normalized spacial score (nSPS) is 11.7. The van der Waals surface area contributed by atoms with Crippen LogP contribution in [-0.2, 0) is 9.84 Å². The van der Waals surface area contributed by atoms with Crippen LogP contribution in [0.2, 0.25) is 0 Å². The highest BCUT2D eigenvalue weighted by Crippen LogP contribution is 2.28. The van der Waals surface area contributed by atoms with Crippen molar-refractivity contribution in [1.82, 2.24) is 9.97 Å². The number of H-pyrrole nitrogens is 1. The molecule has 7 heteroatoms. The van der Waals surface area contributed by atoms with Crippen LogP contribution >= 0.6 is 15.9 Å². The van der Waals surface area contributed by atoms with Gasteiger partial charge in [-0.25, -0.2) is 13.4 Å². The van der Waals surface area contributed by atoms with E-state index in [1.54, 1.807) is 36.4 Å². The Morgan fingerprint density at radius 1 is 1.14 bits per heavy atom. The molecule has 1 aromatic heterocycles. The lowest BCUT2D eigenvalue weighted by molar-refractivity contribution is 0.602. The molecule has 112 valence electrons. The molecule has 0 radical (unpaired) electrons. The standard InChI is InChI=1S/C15H11BrN2O3S/c1-22(20,21)13-8-9(16)6-7-11(13)14-17-12-5-3-2-4-10(12)15(19)18-14/h2-8H,1H3,(H,17,18,19). The maximum Gasteiger partial charge on any atom is 0.259 e. The van der Waals surface area contributed by atoms with Gasteiger partial charge in [-0.3, -0.25) is 4.79 Å². The number of benzene rings is 2. The summed E-state index contributed by atoms with van der Waals surface area (Å²) >= 11 is 3.26. The summed E-state index contributed by atoms with van der Waals surface area (Å²) in [6.45, 7) is 0. The van der Waals surface area contributed by atoms with E-state index in [1.165, 1.54) is 6.07 Å². The van der Waals surface area contributed by atoms with E-state index >= 15 is 0 Å². The lowest BCUT2D eigenvalue weighted by Gasteiger charge is -2.09. The van der Waals surface area contributed by atoms with Crippen LogP contribution in [0.5, 0.6) is 0 Å². The fourth-order valence-electron chi connectivity index (χ4n) is 2.21. The minimum Gasteiger partial charge on any atom is -0.306 e. The Hall–Kier alpha value is -1.99. The lowest BCUT2D eigenvalue weighted by Crippen LogP contribution is -2.11. The molecule has 0 aliphatic heterocycles. The third-order valence-electron chi connectivity index (χ3n) is 3.21. The molecule has 3 rings (SSSR count). The van der Waals surface area contributed by atoms with Gasteiger partial charge < -0.3 is 4.98 Å². The van der Waals surface area contributed by atoms with Gasteiger partial charge in [0, 0.05) is 16.3 Å². The first kappa shape index (κ1) is 14.9. The Bertz CT molecular complexity index is 1040. The summed E-state index contributed by atoms with van der Waals surface area (Å²) in [6.07, 6.45) is 1.12. The van der Waals surface area contributed by atoms with Crippen molar-refractivity contribution in [2.24, 2.45) is 0 Å². The van der Waals surface area contributed by atoms with Crippen molar-refractivity contribution < 1.29 is 8.42 Å². The van der Waals surface area contributed by atoms with E-state index in [4.69, 9.17) is 0 Å². The van der Waals surface area contributed by atoms with Gasteiger partial charge in [0.15, 0.2) is 9.84 Å². The topological polar surface area (TPSA) is 79.9 Å². The van der Waals surface area contributed by atoms with E-state index in [1.807, 2.05) is 0 Å². The highest BCUT2D eigenvalue weighted by atomic mass is 79.9. The van der Waals surface area contributed by atoms with Crippen molar-refractivity contribution >= 4 is 36.7 Å². The number of fused-ring (bicyclic) bond motifs is 1. The van der Waals surface area contributed by atoms with Crippen LogP contribution < -0.4 is 5.56 Å². The fourth-order valence-corrected chi connectivity index (χ4v) is 3.63. The molecule has 1 heterocycles. The van der Waals surface area contributed by atoms with Gasteiger partial charge in [-0.1, -0.05) is 28.1 Å². The molecule has 0 spiro atoms. The predicted molar refractivity (Wildman–Crippen MR) is 88.6 cm³/mol. The maximum absolute atomic E-state index is 12.1. The number of para-hydroxylation sites is 1. The predicted octanol–water partition coefficient (Wildman–Crippen LogP) is 2.76. The van der Waals surface area contributed by atoms with E-state index < -0.39 is 9.84 Å². The first-order chi connectivity index (χ1) is 10.4. The summed E-state index contributed by atoms with van der Waals surface area (Å²) in [7, 11) is -3.46. The van der Waals surface area contributed by atoms with Gasteiger partial charge in [-0.05, 0) is 30.3 Å². The van der Waals surface area contributed by atoms with Crippen LogP contribution in [0.3, 0.4) is 0 Å². The van der Waals surface area contributed by atoms with Crippen LogP contribution in [0.25, 0.3) is 22.3 Å². The molecule has 0 bridgehead atoms. The number of nitrogens with zero attached hydrogens (tertiary/aromatic N) is 1. The minimum absolute atomic E-state index is 0.111. The third kappa shape index (κ3) is 2.69. The number of sulfone groups is 1. The van der Waals surface area contributed by atoms with E-state index in [-0.39, 0.29) is 16.3 Å². The van der Waals surface area contributed by atoms with Gasteiger partial charge in [-0.15, -0.1) is 0 Å². The molecule has 0 aliphatic carbocycles. The number of nitrogens with one attached hydrogen (secondary N) is 1. The van der Waals surface area contributed by atoms with Crippen molar-refractivity contribution in [3.05, 3.63) is 57.3 Å². The average molecular weight is 379 g/mol. The Kier molecular flexibility index (Phi) is 3.62. The number of aromatic nitrogens is 2. The quantitative estimate of drug-likeness (QED) is 0.743. The monoisotopic (exact) mass is 378 g/mol. The van der Waals surface area contributed by atoms with E-state index in [9.17, 15) is 13.2 Å². The summed E-state index contributed by atoms with van der Waals surface area (Å²) in [4.78, 5) is 19.3. The number of hydrogen-bond donors (Lipinski definition) is 1. The van der Waals surface area contributed by atoms with Crippen molar-refractivity contribution in [3.8, 4) is 11.4 Å². The van der Waals surface area contributed by atoms with Gasteiger partial charge in [0.2, 0.25) is 0 Å². The molecular formula is C15H11BrN2O3S. The van der Waals surface area contributed by atoms with Crippen LogP contribution in [-0.4, -0.2) is 24.6 Å². The van der Waals surface area contributed by atoms with E-state index in [0.29, 0.717) is 20.9 Å². The zero-order chi connectivity index (χ0) is 15.9. The number of rotatable bonds is 2. The highest BCUT2D eigenvalue weighted by molar-refractivity contribution is 9.10. The van der Waals surface area contributed by atoms with Crippen molar-refractivity contribution in [3.63, 3.8) is 0 Å². The maximum atomic E-state index is 12.1. The molecule has 2 aromatic carbocycles. The van der Waals surface area contributed by atoms with Gasteiger partial charge >= 0.3 is 0 Å². The Morgan fingerprint density at radius 2 is 1.86 bits per heavy atom. The van der Waals surface area contributed by atoms with Gasteiger partial charge in [-0.2, -0.15) is 0 Å². The van der Waals surface area contributed by atoms with Crippen LogP contribution in [0.15, 0.2) is 56.6 Å². The first-order valence-corrected chi connectivity index (χ1v) is 9.04. The molecule has 5 nitrogen and oxygen atoms in total. The van der Waals surface area contributed by atoms with Crippen LogP contribution in [0.1, 0.15) is 0 Å². The van der Waals surface area contributed by atoms with Crippen LogP contribution in [0, 0.1) is 0 Å². The van der Waals surface area contributed by atoms with E-state index in [2.05, 4.69) is 25.9 Å². The molecule has 0 fully saturated rings. The average Bonchev–Trinajstić information content (AvgIpc) is 2.46. The summed E-state index contributed by atoms with van der Waals surface area (Å²) < 4.78 is 24.6. The largest absolute Gasteiger partial charge is 0.306 e. The molecule has 1 N–H and O–H groups in total. The molecular weight excluding hydrogens is 368 g/mol. The highest BCUT2D eigenvalue weighted by Gasteiger charge is 2.17. The second-order valence-electron chi connectivity index (χ2n) is 4.84. The molecule has 3 aromatic rings. The lowest BCUT2D eigenvalue weighted by atomic mass is 10.2. The Labute approximate surface area is 135 Å². The fraction of sp³-hybridized carbons (Fsp3) is 0.0667. The first-order valence-electron chi connectivity index (χ1n) is 6.35. The number of aromatic amines is 1. The SMILES string of the molecule is CS(=O)(=O)c1cc(Br)ccc1-c1nc2ccccc2c(=O)[nH]1. The molecule has 0 saturated heterocycles. The molecule has 0 atom stereocenters. The number of halogens is 1. The Balaban J connectivity index is 2.36. The van der Waals surface area contributed by atoms with Crippen LogP contribution in [0.4, 0.5) is 0 Å². The molecule has 0 aliphatic rings. The molecule has 0 saturated carbocycles. The van der Waals surface area contributed by atoms with Crippen molar-refractivity contribution in [2.45, 2.75) is 4.90 Å². The minimum atomic E-state index is -3.46. The smallest absolute Gasteiger partial charge is 0.259 e. The summed E-state index contributed by atoms with van der Waals surface area (Å²) in [5.41, 5.74) is 0.583. The summed E-state index contributed by atoms with van der Waals surface area (Å²) in [6, 6.07) is 11.7. The number of hydrogen-bond acceptors (Lipinski definition) is 4. The van der Waals surface area contributed by atoms with Crippen molar-refractivity contribution in [1.29, 1.82) is 0 Å². The Morgan fingerprint density at radius 3 is 2.59 bits per heavy atom. The van der Waals surface area contributed by atoms with Gasteiger partial charge in [0.25, 0.3) is 5.56 Å². The zero-order valence-electron chi connectivity index (χ0n) is 11.5. The second-order valence-corrected chi connectivity index (χ2v) is 7.74. The summed E-state index contributed by atoms with van der Waals surface area (Å²) in [5, 5.41) is 0.462. The van der Waals surface area contributed by atoms with Gasteiger partial charge in [0.1, 0.15) is 5.82 Å². The molecule has 0 amide bonds. The van der Waals surface area contributed by atoms with Gasteiger partial charge in [0.05, 0.1) is 15.8 Å². The third-order valence-corrected chi connectivity index (χ3v) is 4.84. The van der Waals surface area contributed by atoms with E-state index in [0.717, 1.165) is 6.26 Å².